The summed E-state index contributed by atoms with van der Waals surface area (Å²) in [7, 11) is 0. The molecular weight excluding hydrogens is 404 g/mol. The number of hydrogen-bond donors (Lipinski definition) is 1. The molecule has 32 heavy (non-hydrogen) atoms. The molecule has 4 rings (SSSR count). The maximum atomic E-state index is 12.9. The Labute approximate surface area is 189 Å². The first-order valence-corrected chi connectivity index (χ1v) is 11.1. The van der Waals surface area contributed by atoms with Crippen LogP contribution in [0.25, 0.3) is 0 Å². The van der Waals surface area contributed by atoms with Crippen LogP contribution >= 0.6 is 0 Å². The van der Waals surface area contributed by atoms with Crippen LogP contribution in [-0.4, -0.2) is 59.9 Å². The van der Waals surface area contributed by atoms with Crippen LogP contribution in [0.3, 0.4) is 0 Å². The van der Waals surface area contributed by atoms with Gasteiger partial charge in [-0.25, -0.2) is 9.69 Å². The Bertz CT molecular complexity index is 1010. The summed E-state index contributed by atoms with van der Waals surface area (Å²) in [6.45, 7) is 7.93. The largest absolute Gasteiger partial charge is 0.332 e. The molecule has 0 aromatic heterocycles. The van der Waals surface area contributed by atoms with Crippen LogP contribution in [0.4, 0.5) is 16.2 Å². The van der Waals surface area contributed by atoms with E-state index in [4.69, 9.17) is 0 Å². The molecule has 2 heterocycles. The van der Waals surface area contributed by atoms with E-state index in [2.05, 4.69) is 22.3 Å². The Morgan fingerprint density at radius 1 is 1.00 bits per heavy atom. The Hall–Kier alpha value is -3.19. The number of anilines is 2. The van der Waals surface area contributed by atoms with Gasteiger partial charge in [-0.1, -0.05) is 35.9 Å². The topological polar surface area (TPSA) is 73.0 Å². The van der Waals surface area contributed by atoms with Crippen LogP contribution in [-0.2, 0) is 9.59 Å². The molecule has 2 saturated heterocycles. The normalized spacial score (nSPS) is 17.8. The highest BCUT2D eigenvalue weighted by molar-refractivity contribution is 6.19. The minimum Gasteiger partial charge on any atom is -0.324 e. The summed E-state index contributed by atoms with van der Waals surface area (Å²) >= 11 is 0. The van der Waals surface area contributed by atoms with E-state index in [0.29, 0.717) is 25.3 Å². The summed E-state index contributed by atoms with van der Waals surface area (Å²) in [5.41, 5.74) is 4.81. The van der Waals surface area contributed by atoms with Crippen molar-refractivity contribution in [2.75, 3.05) is 36.4 Å². The predicted molar refractivity (Wildman–Crippen MR) is 125 cm³/mol. The van der Waals surface area contributed by atoms with Gasteiger partial charge in [0.25, 0.3) is 5.91 Å². The van der Waals surface area contributed by atoms with Gasteiger partial charge in [-0.3, -0.25) is 14.5 Å². The van der Waals surface area contributed by atoms with Crippen LogP contribution in [0.15, 0.2) is 42.5 Å². The molecule has 0 spiro atoms. The number of amides is 4. The van der Waals surface area contributed by atoms with Crippen molar-refractivity contribution in [2.24, 2.45) is 0 Å². The van der Waals surface area contributed by atoms with Crippen LogP contribution in [0.1, 0.15) is 29.5 Å². The zero-order valence-corrected chi connectivity index (χ0v) is 18.9. The molecule has 168 valence electrons. The Morgan fingerprint density at radius 3 is 2.25 bits per heavy atom. The van der Waals surface area contributed by atoms with Gasteiger partial charge in [0.05, 0.1) is 12.2 Å². The first kappa shape index (κ1) is 22.0. The van der Waals surface area contributed by atoms with Gasteiger partial charge in [0, 0.05) is 24.8 Å². The molecule has 1 N–H and O–H groups in total. The van der Waals surface area contributed by atoms with E-state index in [0.717, 1.165) is 29.7 Å². The average Bonchev–Trinajstić information content (AvgIpc) is 3.06. The van der Waals surface area contributed by atoms with Gasteiger partial charge in [-0.15, -0.1) is 0 Å². The lowest BCUT2D eigenvalue weighted by atomic mass is 10.0. The first-order chi connectivity index (χ1) is 15.3. The zero-order valence-electron chi connectivity index (χ0n) is 18.9. The molecule has 7 heteroatoms. The SMILES string of the molecule is Cc1cc(C)c(NC(=O)CN2CCC(N3CC(=O)N(c4ccccc4)C3=O)CC2)c(C)c1. The van der Waals surface area contributed by atoms with Crippen molar-refractivity contribution in [1.29, 1.82) is 0 Å². The fraction of sp³-hybridized carbons (Fsp3) is 0.400. The molecule has 2 fully saturated rings. The highest BCUT2D eigenvalue weighted by Crippen LogP contribution is 2.26. The summed E-state index contributed by atoms with van der Waals surface area (Å²) in [5.74, 6) is -0.215. The number of para-hydroxylation sites is 1. The lowest BCUT2D eigenvalue weighted by Crippen LogP contribution is -2.48. The van der Waals surface area contributed by atoms with Crippen molar-refractivity contribution < 1.29 is 14.4 Å². The molecule has 0 saturated carbocycles. The van der Waals surface area contributed by atoms with Crippen LogP contribution in [0.2, 0.25) is 0 Å². The standard InChI is InChI=1S/C25H30N4O3/c1-17-13-18(2)24(19(3)14-17)26-22(30)15-27-11-9-20(10-12-27)28-16-23(31)29(25(28)32)21-7-5-4-6-8-21/h4-8,13-14,20H,9-12,15-16H2,1-3H3,(H,26,30). The van der Waals surface area contributed by atoms with Crippen molar-refractivity contribution in [3.63, 3.8) is 0 Å². The third-order valence-corrected chi connectivity index (χ3v) is 6.31. The number of hydrogen-bond acceptors (Lipinski definition) is 4. The second-order valence-electron chi connectivity index (χ2n) is 8.80. The highest BCUT2D eigenvalue weighted by atomic mass is 16.2. The number of carbonyl (C=O) groups excluding carboxylic acids is 3. The van der Waals surface area contributed by atoms with Crippen molar-refractivity contribution >= 4 is 29.2 Å². The third kappa shape index (κ3) is 4.53. The number of nitrogens with zero attached hydrogens (tertiary/aromatic N) is 3. The van der Waals surface area contributed by atoms with Crippen molar-refractivity contribution in [2.45, 2.75) is 39.7 Å². The Balaban J connectivity index is 1.31. The number of aryl methyl sites for hydroxylation is 3. The maximum Gasteiger partial charge on any atom is 0.332 e. The second-order valence-corrected chi connectivity index (χ2v) is 8.80. The molecule has 2 aliphatic rings. The number of imide groups is 1. The van der Waals surface area contributed by atoms with E-state index < -0.39 is 0 Å². The monoisotopic (exact) mass is 434 g/mol. The molecule has 2 aliphatic heterocycles. The quantitative estimate of drug-likeness (QED) is 0.732. The number of urea groups is 1. The Morgan fingerprint density at radius 2 is 1.62 bits per heavy atom. The summed E-state index contributed by atoms with van der Waals surface area (Å²) in [5, 5.41) is 3.06. The number of likely N-dealkylation sites (tertiary alicyclic amines) is 1. The van der Waals surface area contributed by atoms with E-state index in [1.54, 1.807) is 17.0 Å². The lowest BCUT2D eigenvalue weighted by molar-refractivity contribution is -0.117. The lowest BCUT2D eigenvalue weighted by Gasteiger charge is -2.35. The highest BCUT2D eigenvalue weighted by Gasteiger charge is 2.41. The molecule has 7 nitrogen and oxygen atoms in total. The molecule has 0 radical (unpaired) electrons. The van der Waals surface area contributed by atoms with E-state index in [1.807, 2.05) is 39.0 Å². The fourth-order valence-corrected chi connectivity index (χ4v) is 4.78. The molecule has 4 amide bonds. The summed E-state index contributed by atoms with van der Waals surface area (Å²) in [6, 6.07) is 13.0. The molecule has 0 bridgehead atoms. The smallest absolute Gasteiger partial charge is 0.324 e. The van der Waals surface area contributed by atoms with Crippen molar-refractivity contribution in [3.8, 4) is 0 Å². The van der Waals surface area contributed by atoms with E-state index >= 15 is 0 Å². The molecule has 0 atom stereocenters. The maximum absolute atomic E-state index is 12.9. The summed E-state index contributed by atoms with van der Waals surface area (Å²) in [4.78, 5) is 43.1. The Kier molecular flexibility index (Phi) is 6.28. The summed E-state index contributed by atoms with van der Waals surface area (Å²) in [6.07, 6.45) is 1.50. The molecular formula is C25H30N4O3. The summed E-state index contributed by atoms with van der Waals surface area (Å²) < 4.78 is 0. The van der Waals surface area contributed by atoms with Crippen molar-refractivity contribution in [3.05, 3.63) is 59.2 Å². The van der Waals surface area contributed by atoms with Gasteiger partial charge in [-0.05, 0) is 56.9 Å². The first-order valence-electron chi connectivity index (χ1n) is 11.1. The van der Waals surface area contributed by atoms with E-state index in [1.165, 1.54) is 10.5 Å². The zero-order chi connectivity index (χ0) is 22.8. The van der Waals surface area contributed by atoms with Gasteiger partial charge in [-0.2, -0.15) is 0 Å². The minimum atomic E-state index is -0.247. The van der Waals surface area contributed by atoms with Crippen molar-refractivity contribution in [1.82, 2.24) is 9.80 Å². The number of piperidine rings is 1. The second kappa shape index (κ2) is 9.12. The van der Waals surface area contributed by atoms with E-state index in [9.17, 15) is 14.4 Å². The molecule has 0 aliphatic carbocycles. The number of carbonyl (C=O) groups is 3. The molecule has 0 unspecified atom stereocenters. The fourth-order valence-electron chi connectivity index (χ4n) is 4.78. The minimum absolute atomic E-state index is 0.0149. The van der Waals surface area contributed by atoms with Crippen LogP contribution in [0, 0.1) is 20.8 Å². The van der Waals surface area contributed by atoms with Gasteiger partial charge < -0.3 is 10.2 Å². The number of rotatable bonds is 5. The molecule has 2 aromatic carbocycles. The van der Waals surface area contributed by atoms with Gasteiger partial charge >= 0.3 is 6.03 Å². The number of nitrogens with one attached hydrogen (secondary N) is 1. The van der Waals surface area contributed by atoms with Gasteiger partial charge in [0.15, 0.2) is 0 Å². The average molecular weight is 435 g/mol. The van der Waals surface area contributed by atoms with Crippen LogP contribution < -0.4 is 10.2 Å². The van der Waals surface area contributed by atoms with Crippen LogP contribution in [0.5, 0.6) is 0 Å². The third-order valence-electron chi connectivity index (χ3n) is 6.31. The predicted octanol–water partition coefficient (Wildman–Crippen LogP) is 3.48. The molecule has 2 aromatic rings. The number of benzene rings is 2. The van der Waals surface area contributed by atoms with Gasteiger partial charge in [0.1, 0.15) is 6.54 Å². The van der Waals surface area contributed by atoms with E-state index in [-0.39, 0.29) is 30.4 Å². The van der Waals surface area contributed by atoms with Gasteiger partial charge in [0.2, 0.25) is 5.91 Å².